The molecular formula is C17H17F2N3O5S2. The third kappa shape index (κ3) is 3.65. The highest BCUT2D eigenvalue weighted by atomic mass is 32.2. The molecule has 1 aliphatic heterocycles. The minimum atomic E-state index is -4.97. The Balaban J connectivity index is 1.77. The van der Waals surface area contributed by atoms with E-state index in [1.807, 2.05) is 0 Å². The van der Waals surface area contributed by atoms with Gasteiger partial charge in [-0.25, -0.2) is 12.7 Å². The number of hydrogen-bond acceptors (Lipinski definition) is 5. The van der Waals surface area contributed by atoms with Gasteiger partial charge >= 0.3 is 16.0 Å². The first-order chi connectivity index (χ1) is 13.6. The van der Waals surface area contributed by atoms with Gasteiger partial charge in [-0.15, -0.1) is 0 Å². The summed E-state index contributed by atoms with van der Waals surface area (Å²) in [6, 6.07) is 11.2. The number of hydrogen-bond donors (Lipinski definition) is 1. The van der Waals surface area contributed by atoms with Crippen molar-refractivity contribution in [2.75, 3.05) is 28.7 Å². The molecule has 8 nitrogen and oxygen atoms in total. The van der Waals surface area contributed by atoms with E-state index in [4.69, 9.17) is 0 Å². The van der Waals surface area contributed by atoms with Gasteiger partial charge < -0.3 is 5.32 Å². The number of alkyl halides is 2. The van der Waals surface area contributed by atoms with E-state index in [-0.39, 0.29) is 13.1 Å². The molecule has 0 aromatic heterocycles. The molecule has 3 rings (SSSR count). The van der Waals surface area contributed by atoms with Crippen molar-refractivity contribution in [1.82, 2.24) is 5.32 Å². The van der Waals surface area contributed by atoms with Crippen LogP contribution in [-0.4, -0.2) is 48.6 Å². The molecule has 2 aromatic rings. The summed E-state index contributed by atoms with van der Waals surface area (Å²) in [5.41, 5.74) is 0.478. The molecule has 0 unspecified atom stereocenters. The summed E-state index contributed by atoms with van der Waals surface area (Å²) in [6.45, 7) is -0.289. The lowest BCUT2D eigenvalue weighted by Gasteiger charge is -2.19. The standard InChI is InChI=1S/C17H17F2N3O5S2/c1-21-13-7-3-4-8-14(13)22(29(21,26)27)11-10-20-16(23)12-6-2-5-9-15(12)28(24,25)17(18)19/h2-9,17H,10-11H2,1H3,(H,20,23). The second-order valence-electron chi connectivity index (χ2n) is 6.09. The van der Waals surface area contributed by atoms with Gasteiger partial charge in [-0.3, -0.25) is 9.10 Å². The van der Waals surface area contributed by atoms with E-state index in [2.05, 4.69) is 5.32 Å². The Labute approximate surface area is 166 Å². The van der Waals surface area contributed by atoms with E-state index in [0.29, 0.717) is 11.4 Å². The predicted octanol–water partition coefficient (Wildman–Crippen LogP) is 1.61. The van der Waals surface area contributed by atoms with Crippen LogP contribution < -0.4 is 13.9 Å². The van der Waals surface area contributed by atoms with Gasteiger partial charge in [0.25, 0.3) is 5.91 Å². The molecule has 156 valence electrons. The molecule has 1 amide bonds. The average molecular weight is 445 g/mol. The lowest BCUT2D eigenvalue weighted by molar-refractivity contribution is 0.0951. The van der Waals surface area contributed by atoms with Crippen molar-refractivity contribution >= 4 is 37.3 Å². The summed E-state index contributed by atoms with van der Waals surface area (Å²) in [5, 5.41) is 2.39. The third-order valence-electron chi connectivity index (χ3n) is 4.39. The number of sulfone groups is 1. The molecule has 1 heterocycles. The Hall–Kier alpha value is -2.73. The molecule has 2 aromatic carbocycles. The van der Waals surface area contributed by atoms with Crippen molar-refractivity contribution in [3.05, 3.63) is 54.1 Å². The van der Waals surface area contributed by atoms with E-state index in [1.54, 1.807) is 24.3 Å². The van der Waals surface area contributed by atoms with Crippen LogP contribution in [0, 0.1) is 0 Å². The van der Waals surface area contributed by atoms with Crippen LogP contribution in [0.4, 0.5) is 20.2 Å². The zero-order valence-corrected chi connectivity index (χ0v) is 16.8. The quantitative estimate of drug-likeness (QED) is 0.728. The fraction of sp³-hybridized carbons (Fsp3) is 0.235. The summed E-state index contributed by atoms with van der Waals surface area (Å²) >= 11 is 0. The lowest BCUT2D eigenvalue weighted by atomic mass is 10.2. The molecule has 0 radical (unpaired) electrons. The second-order valence-corrected chi connectivity index (χ2v) is 9.86. The Kier molecular flexibility index (Phi) is 5.50. The normalized spacial score (nSPS) is 15.4. The highest BCUT2D eigenvalue weighted by Crippen LogP contribution is 2.39. The van der Waals surface area contributed by atoms with Crippen LogP contribution in [0.15, 0.2) is 53.4 Å². The molecule has 29 heavy (non-hydrogen) atoms. The lowest BCUT2D eigenvalue weighted by Crippen LogP contribution is -2.40. The summed E-state index contributed by atoms with van der Waals surface area (Å²) in [7, 11) is -7.38. The maximum absolute atomic E-state index is 12.9. The van der Waals surface area contributed by atoms with Gasteiger partial charge in [-0.05, 0) is 24.3 Å². The first-order valence-corrected chi connectivity index (χ1v) is 11.3. The number of para-hydroxylation sites is 2. The molecule has 0 atom stereocenters. The second kappa shape index (κ2) is 7.59. The highest BCUT2D eigenvalue weighted by molar-refractivity contribution is 7.94. The number of halogens is 2. The van der Waals surface area contributed by atoms with Crippen LogP contribution in [0.3, 0.4) is 0 Å². The Morgan fingerprint density at radius 2 is 1.66 bits per heavy atom. The van der Waals surface area contributed by atoms with Crippen LogP contribution in [0.5, 0.6) is 0 Å². The number of rotatable bonds is 6. The summed E-state index contributed by atoms with van der Waals surface area (Å²) in [5.74, 6) is -4.57. The van der Waals surface area contributed by atoms with E-state index in [9.17, 15) is 30.4 Å². The first-order valence-electron chi connectivity index (χ1n) is 8.33. The largest absolute Gasteiger partial charge is 0.350 e. The first kappa shape index (κ1) is 21.0. The fourth-order valence-corrected chi connectivity index (χ4v) is 5.29. The van der Waals surface area contributed by atoms with Crippen molar-refractivity contribution in [3.63, 3.8) is 0 Å². The van der Waals surface area contributed by atoms with E-state index >= 15 is 0 Å². The summed E-state index contributed by atoms with van der Waals surface area (Å²) < 4.78 is 76.6. The number of amides is 1. The van der Waals surface area contributed by atoms with Gasteiger partial charge in [-0.2, -0.15) is 17.2 Å². The summed E-state index contributed by atoms with van der Waals surface area (Å²) in [6.07, 6.45) is 0. The number of nitrogens with one attached hydrogen (secondary N) is 1. The number of nitrogens with zero attached hydrogens (tertiary/aromatic N) is 2. The minimum absolute atomic E-state index is 0.126. The Morgan fingerprint density at radius 1 is 1.07 bits per heavy atom. The summed E-state index contributed by atoms with van der Waals surface area (Å²) in [4.78, 5) is 11.6. The van der Waals surface area contributed by atoms with Gasteiger partial charge in [0, 0.05) is 13.6 Å². The average Bonchev–Trinajstić information content (AvgIpc) is 2.88. The molecule has 0 saturated heterocycles. The van der Waals surface area contributed by atoms with E-state index in [1.165, 1.54) is 19.2 Å². The molecule has 0 bridgehead atoms. The molecule has 0 aliphatic carbocycles. The van der Waals surface area contributed by atoms with Crippen molar-refractivity contribution in [2.45, 2.75) is 10.7 Å². The van der Waals surface area contributed by atoms with Gasteiger partial charge in [-0.1, -0.05) is 24.3 Å². The number of carbonyl (C=O) groups excluding carboxylic acids is 1. The van der Waals surface area contributed by atoms with Crippen molar-refractivity contribution in [1.29, 1.82) is 0 Å². The highest BCUT2D eigenvalue weighted by Gasteiger charge is 2.37. The number of anilines is 2. The van der Waals surface area contributed by atoms with Crippen molar-refractivity contribution in [3.8, 4) is 0 Å². The Morgan fingerprint density at radius 3 is 2.31 bits per heavy atom. The van der Waals surface area contributed by atoms with Crippen LogP contribution in [0.1, 0.15) is 10.4 Å². The third-order valence-corrected chi connectivity index (χ3v) is 7.65. The predicted molar refractivity (Wildman–Crippen MR) is 103 cm³/mol. The SMILES string of the molecule is CN1c2ccccc2N(CCNC(=O)c2ccccc2S(=O)(=O)C(F)F)S1(=O)=O. The zero-order valence-electron chi connectivity index (χ0n) is 15.1. The number of benzene rings is 2. The van der Waals surface area contributed by atoms with E-state index < -0.39 is 42.2 Å². The van der Waals surface area contributed by atoms with Crippen LogP contribution >= 0.6 is 0 Å². The molecule has 1 aliphatic rings. The number of fused-ring (bicyclic) bond motifs is 1. The zero-order chi connectivity index (χ0) is 21.4. The molecule has 0 fully saturated rings. The minimum Gasteiger partial charge on any atom is -0.350 e. The smallest absolute Gasteiger partial charge is 0.341 e. The number of carbonyl (C=O) groups is 1. The molecule has 0 spiro atoms. The van der Waals surface area contributed by atoms with Crippen molar-refractivity contribution in [2.24, 2.45) is 0 Å². The van der Waals surface area contributed by atoms with Crippen LogP contribution in [0.2, 0.25) is 0 Å². The van der Waals surface area contributed by atoms with Gasteiger partial charge in [0.05, 0.1) is 28.4 Å². The maximum Gasteiger partial charge on any atom is 0.341 e. The monoisotopic (exact) mass is 445 g/mol. The topological polar surface area (TPSA) is 104 Å². The van der Waals surface area contributed by atoms with Gasteiger partial charge in [0.1, 0.15) is 0 Å². The van der Waals surface area contributed by atoms with Gasteiger partial charge in [0.15, 0.2) is 0 Å². The van der Waals surface area contributed by atoms with Gasteiger partial charge in [0.2, 0.25) is 9.84 Å². The maximum atomic E-state index is 12.9. The molecule has 12 heteroatoms. The molecular weight excluding hydrogens is 428 g/mol. The van der Waals surface area contributed by atoms with Crippen LogP contribution in [-0.2, 0) is 20.0 Å². The van der Waals surface area contributed by atoms with Crippen molar-refractivity contribution < 1.29 is 30.4 Å². The molecule has 1 N–H and O–H groups in total. The van der Waals surface area contributed by atoms with Crippen LogP contribution in [0.25, 0.3) is 0 Å². The Bertz CT molecular complexity index is 1150. The van der Waals surface area contributed by atoms with E-state index in [0.717, 1.165) is 20.7 Å². The fourth-order valence-electron chi connectivity index (χ4n) is 2.94. The molecule has 0 saturated carbocycles.